The summed E-state index contributed by atoms with van der Waals surface area (Å²) in [7, 11) is 0. The Morgan fingerprint density at radius 2 is 2.04 bits per heavy atom. The van der Waals surface area contributed by atoms with Gasteiger partial charge in [-0.25, -0.2) is 4.98 Å². The van der Waals surface area contributed by atoms with E-state index in [1.54, 1.807) is 12.4 Å². The zero-order valence-electron chi connectivity index (χ0n) is 12.4. The molecule has 0 radical (unpaired) electrons. The van der Waals surface area contributed by atoms with Crippen LogP contribution in [0.5, 0.6) is 0 Å². The van der Waals surface area contributed by atoms with Crippen LogP contribution in [0.25, 0.3) is 10.6 Å². The Bertz CT molecular complexity index is 816. The Labute approximate surface area is 143 Å². The number of thiazole rings is 1. The van der Waals surface area contributed by atoms with E-state index in [1.807, 2.05) is 43.3 Å². The molecule has 1 aromatic carbocycles. The van der Waals surface area contributed by atoms with E-state index in [1.165, 1.54) is 11.3 Å². The summed E-state index contributed by atoms with van der Waals surface area (Å²) < 4.78 is 0. The number of halogens is 1. The summed E-state index contributed by atoms with van der Waals surface area (Å²) in [6, 6.07) is 11.2. The topological polar surface area (TPSA) is 54.9 Å². The van der Waals surface area contributed by atoms with Crippen molar-refractivity contribution in [1.82, 2.24) is 15.3 Å². The normalized spacial score (nSPS) is 10.5. The van der Waals surface area contributed by atoms with Crippen molar-refractivity contribution >= 4 is 28.8 Å². The van der Waals surface area contributed by atoms with Gasteiger partial charge < -0.3 is 5.32 Å². The third-order valence-electron chi connectivity index (χ3n) is 3.27. The first-order valence-corrected chi connectivity index (χ1v) is 8.23. The molecule has 4 nitrogen and oxygen atoms in total. The molecule has 3 aromatic rings. The highest BCUT2D eigenvalue weighted by molar-refractivity contribution is 7.17. The van der Waals surface area contributed by atoms with Crippen molar-refractivity contribution in [2.75, 3.05) is 0 Å². The van der Waals surface area contributed by atoms with Gasteiger partial charge in [-0.05, 0) is 30.7 Å². The molecule has 0 spiro atoms. The Kier molecular flexibility index (Phi) is 4.69. The van der Waals surface area contributed by atoms with E-state index in [0.717, 1.165) is 21.8 Å². The van der Waals surface area contributed by atoms with E-state index in [0.29, 0.717) is 16.4 Å². The molecule has 0 fully saturated rings. The molecular weight excluding hydrogens is 330 g/mol. The zero-order chi connectivity index (χ0) is 16.2. The molecule has 3 rings (SSSR count). The van der Waals surface area contributed by atoms with Crippen LogP contribution < -0.4 is 5.32 Å². The summed E-state index contributed by atoms with van der Waals surface area (Å²) in [6.45, 7) is 2.29. The van der Waals surface area contributed by atoms with E-state index < -0.39 is 0 Å². The average Bonchev–Trinajstić information content (AvgIpc) is 2.96. The standard InChI is InChI=1S/C17H14ClN3OS/c1-11-15(16(22)20-10-12-3-2-8-19-9-12)23-17(21-11)13-4-6-14(18)7-5-13/h2-9H,10H2,1H3,(H,20,22). The van der Waals surface area contributed by atoms with Crippen molar-refractivity contribution in [3.63, 3.8) is 0 Å². The molecule has 1 N–H and O–H groups in total. The fourth-order valence-corrected chi connectivity index (χ4v) is 3.20. The summed E-state index contributed by atoms with van der Waals surface area (Å²) in [5.74, 6) is -0.121. The van der Waals surface area contributed by atoms with Gasteiger partial charge in [0.25, 0.3) is 5.91 Å². The quantitative estimate of drug-likeness (QED) is 0.776. The van der Waals surface area contributed by atoms with E-state index in [4.69, 9.17) is 11.6 Å². The van der Waals surface area contributed by atoms with Gasteiger partial charge in [-0.2, -0.15) is 0 Å². The largest absolute Gasteiger partial charge is 0.347 e. The Morgan fingerprint density at radius 3 is 2.74 bits per heavy atom. The van der Waals surface area contributed by atoms with Gasteiger partial charge in [-0.1, -0.05) is 29.8 Å². The number of aryl methyl sites for hydroxylation is 1. The smallest absolute Gasteiger partial charge is 0.263 e. The predicted molar refractivity (Wildman–Crippen MR) is 92.7 cm³/mol. The Hall–Kier alpha value is -2.24. The molecule has 116 valence electrons. The van der Waals surface area contributed by atoms with Crippen molar-refractivity contribution in [2.24, 2.45) is 0 Å². The number of nitrogens with one attached hydrogen (secondary N) is 1. The third-order valence-corrected chi connectivity index (χ3v) is 4.73. The molecule has 2 heterocycles. The number of benzene rings is 1. The summed E-state index contributed by atoms with van der Waals surface area (Å²) in [5.41, 5.74) is 2.64. The number of hydrogen-bond donors (Lipinski definition) is 1. The molecule has 23 heavy (non-hydrogen) atoms. The lowest BCUT2D eigenvalue weighted by Gasteiger charge is -2.03. The number of hydrogen-bond acceptors (Lipinski definition) is 4. The second kappa shape index (κ2) is 6.89. The van der Waals surface area contributed by atoms with Crippen molar-refractivity contribution in [3.05, 3.63) is 69.9 Å². The number of nitrogens with zero attached hydrogens (tertiary/aromatic N) is 2. The third kappa shape index (κ3) is 3.75. The van der Waals surface area contributed by atoms with Gasteiger partial charge in [0.2, 0.25) is 0 Å². The number of pyridine rings is 1. The lowest BCUT2D eigenvalue weighted by molar-refractivity contribution is 0.0954. The highest BCUT2D eigenvalue weighted by Gasteiger charge is 2.16. The van der Waals surface area contributed by atoms with Crippen LogP contribution in [0, 0.1) is 6.92 Å². The van der Waals surface area contributed by atoms with Crippen LogP contribution in [0.15, 0.2) is 48.8 Å². The predicted octanol–water partition coefficient (Wildman–Crippen LogP) is 4.10. The maximum absolute atomic E-state index is 12.4. The number of carbonyl (C=O) groups is 1. The summed E-state index contributed by atoms with van der Waals surface area (Å²) in [5, 5.41) is 4.39. The average molecular weight is 344 g/mol. The van der Waals surface area contributed by atoms with Crippen molar-refractivity contribution < 1.29 is 4.79 Å². The number of aromatic nitrogens is 2. The van der Waals surface area contributed by atoms with Gasteiger partial charge in [0, 0.05) is 29.5 Å². The first kappa shape index (κ1) is 15.6. The van der Waals surface area contributed by atoms with Crippen molar-refractivity contribution in [3.8, 4) is 10.6 Å². The van der Waals surface area contributed by atoms with E-state index in [-0.39, 0.29) is 5.91 Å². The molecule has 0 bridgehead atoms. The molecule has 6 heteroatoms. The van der Waals surface area contributed by atoms with Crippen LogP contribution in [0.2, 0.25) is 5.02 Å². The highest BCUT2D eigenvalue weighted by atomic mass is 35.5. The van der Waals surface area contributed by atoms with Gasteiger partial charge in [0.15, 0.2) is 0 Å². The molecule has 0 aliphatic rings. The number of carbonyl (C=O) groups excluding carboxylic acids is 1. The minimum Gasteiger partial charge on any atom is -0.347 e. The Balaban J connectivity index is 1.75. The first-order valence-electron chi connectivity index (χ1n) is 7.04. The maximum Gasteiger partial charge on any atom is 0.263 e. The highest BCUT2D eigenvalue weighted by Crippen LogP contribution is 2.28. The van der Waals surface area contributed by atoms with Gasteiger partial charge in [-0.3, -0.25) is 9.78 Å². The molecule has 0 unspecified atom stereocenters. The molecule has 0 atom stereocenters. The summed E-state index contributed by atoms with van der Waals surface area (Å²) >= 11 is 7.28. The summed E-state index contributed by atoms with van der Waals surface area (Å²) in [6.07, 6.45) is 3.44. The van der Waals surface area contributed by atoms with Crippen LogP contribution in [0.4, 0.5) is 0 Å². The van der Waals surface area contributed by atoms with Gasteiger partial charge in [0.1, 0.15) is 9.88 Å². The van der Waals surface area contributed by atoms with Crippen molar-refractivity contribution in [2.45, 2.75) is 13.5 Å². The Morgan fingerprint density at radius 1 is 1.26 bits per heavy atom. The lowest BCUT2D eigenvalue weighted by Crippen LogP contribution is -2.22. The fourth-order valence-electron chi connectivity index (χ4n) is 2.09. The molecule has 1 amide bonds. The van der Waals surface area contributed by atoms with E-state index >= 15 is 0 Å². The second-order valence-corrected chi connectivity index (χ2v) is 6.42. The molecule has 0 aliphatic heterocycles. The van der Waals surface area contributed by atoms with Gasteiger partial charge >= 0.3 is 0 Å². The van der Waals surface area contributed by atoms with Crippen molar-refractivity contribution in [1.29, 1.82) is 0 Å². The monoisotopic (exact) mass is 343 g/mol. The summed E-state index contributed by atoms with van der Waals surface area (Å²) in [4.78, 5) is 21.5. The zero-order valence-corrected chi connectivity index (χ0v) is 14.0. The van der Waals surface area contributed by atoms with Crippen LogP contribution in [-0.2, 0) is 6.54 Å². The van der Waals surface area contributed by atoms with E-state index in [9.17, 15) is 4.79 Å². The SMILES string of the molecule is Cc1nc(-c2ccc(Cl)cc2)sc1C(=O)NCc1cccnc1. The van der Waals surface area contributed by atoms with Crippen LogP contribution in [-0.4, -0.2) is 15.9 Å². The minimum absolute atomic E-state index is 0.121. The van der Waals surface area contributed by atoms with Gasteiger partial charge in [0.05, 0.1) is 5.69 Å². The molecular formula is C17H14ClN3OS. The number of rotatable bonds is 4. The van der Waals surface area contributed by atoms with Gasteiger partial charge in [-0.15, -0.1) is 11.3 Å². The van der Waals surface area contributed by atoms with Crippen LogP contribution in [0.3, 0.4) is 0 Å². The molecule has 0 saturated carbocycles. The first-order chi connectivity index (χ1) is 11.1. The van der Waals surface area contributed by atoms with E-state index in [2.05, 4.69) is 15.3 Å². The second-order valence-electron chi connectivity index (χ2n) is 4.98. The minimum atomic E-state index is -0.121. The number of amides is 1. The molecule has 0 aliphatic carbocycles. The maximum atomic E-state index is 12.4. The van der Waals surface area contributed by atoms with Crippen LogP contribution >= 0.6 is 22.9 Å². The molecule has 0 saturated heterocycles. The van der Waals surface area contributed by atoms with Crippen LogP contribution in [0.1, 0.15) is 20.9 Å². The fraction of sp³-hybridized carbons (Fsp3) is 0.118. The molecule has 2 aromatic heterocycles. The lowest BCUT2D eigenvalue weighted by atomic mass is 10.2.